The van der Waals surface area contributed by atoms with E-state index in [4.69, 9.17) is 5.11 Å². The largest absolute Gasteiger partial charge is 0.478 e. The minimum absolute atomic E-state index is 0.0109. The first kappa shape index (κ1) is 13.5. The summed E-state index contributed by atoms with van der Waals surface area (Å²) in [6.45, 7) is 0.921. The van der Waals surface area contributed by atoms with E-state index in [0.29, 0.717) is 5.92 Å². The molecule has 0 spiro atoms. The van der Waals surface area contributed by atoms with E-state index in [1.807, 2.05) is 0 Å². The van der Waals surface area contributed by atoms with Gasteiger partial charge in [0, 0.05) is 0 Å². The van der Waals surface area contributed by atoms with Crippen molar-refractivity contribution in [1.29, 1.82) is 0 Å². The number of amides is 1. The molecule has 0 heterocycles. The topological polar surface area (TPSA) is 78.4 Å². The second-order valence-corrected chi connectivity index (χ2v) is 4.62. The summed E-state index contributed by atoms with van der Waals surface area (Å²) in [4.78, 5) is 22.2. The Labute approximate surface area is 109 Å². The molecule has 5 nitrogen and oxygen atoms in total. The number of carbonyl (C=O) groups excluding carboxylic acids is 1. The number of carbonyl (C=O) groups is 2. The second-order valence-electron chi connectivity index (χ2n) is 4.62. The molecular formula is C13H15FN2O3. The predicted octanol–water partition coefficient (Wildman–Crippen LogP) is 1.46. The summed E-state index contributed by atoms with van der Waals surface area (Å²) in [5.74, 6) is -1.64. The van der Waals surface area contributed by atoms with E-state index in [9.17, 15) is 14.0 Å². The summed E-state index contributed by atoms with van der Waals surface area (Å²) in [5.41, 5.74) is -0.162. The molecule has 0 aliphatic heterocycles. The molecule has 102 valence electrons. The van der Waals surface area contributed by atoms with E-state index in [0.717, 1.165) is 12.6 Å². The Kier molecular flexibility index (Phi) is 4.11. The lowest BCUT2D eigenvalue weighted by Crippen LogP contribution is -2.29. The van der Waals surface area contributed by atoms with Gasteiger partial charge in [0.05, 0.1) is 17.8 Å². The molecule has 1 aliphatic rings. The predicted molar refractivity (Wildman–Crippen MR) is 67.6 cm³/mol. The fraction of sp³-hybridized carbons (Fsp3) is 0.385. The molecule has 0 atom stereocenters. The van der Waals surface area contributed by atoms with Gasteiger partial charge in [-0.2, -0.15) is 0 Å². The number of hydrogen-bond donors (Lipinski definition) is 3. The second kappa shape index (κ2) is 5.79. The van der Waals surface area contributed by atoms with E-state index < -0.39 is 11.8 Å². The van der Waals surface area contributed by atoms with Crippen molar-refractivity contribution in [2.75, 3.05) is 18.4 Å². The highest BCUT2D eigenvalue weighted by Gasteiger charge is 2.20. The van der Waals surface area contributed by atoms with Crippen LogP contribution in [-0.2, 0) is 4.79 Å². The third-order valence-corrected chi connectivity index (χ3v) is 2.91. The number of hydrogen-bond acceptors (Lipinski definition) is 3. The average molecular weight is 266 g/mol. The highest BCUT2D eigenvalue weighted by atomic mass is 19.1. The van der Waals surface area contributed by atoms with Crippen LogP contribution in [0.15, 0.2) is 18.2 Å². The van der Waals surface area contributed by atoms with Gasteiger partial charge in [-0.3, -0.25) is 4.79 Å². The monoisotopic (exact) mass is 266 g/mol. The SMILES string of the molecule is O=C(CNCC1CC1)Nc1ccc(C(=O)O)cc1F. The van der Waals surface area contributed by atoms with Gasteiger partial charge in [-0.15, -0.1) is 0 Å². The maximum Gasteiger partial charge on any atom is 0.335 e. The lowest BCUT2D eigenvalue weighted by atomic mass is 10.2. The van der Waals surface area contributed by atoms with Crippen LogP contribution in [0.2, 0.25) is 0 Å². The maximum absolute atomic E-state index is 13.5. The number of halogens is 1. The molecule has 1 saturated carbocycles. The van der Waals surface area contributed by atoms with E-state index in [1.54, 1.807) is 0 Å². The number of rotatable bonds is 6. The smallest absolute Gasteiger partial charge is 0.335 e. The first-order chi connectivity index (χ1) is 9.06. The molecule has 0 saturated heterocycles. The molecule has 2 rings (SSSR count). The number of aromatic carboxylic acids is 1. The summed E-state index contributed by atoms with van der Waals surface area (Å²) in [6.07, 6.45) is 2.39. The number of carboxylic acids is 1. The molecule has 1 aromatic carbocycles. The van der Waals surface area contributed by atoms with Crippen LogP contribution < -0.4 is 10.6 Å². The Balaban J connectivity index is 1.86. The third kappa shape index (κ3) is 4.03. The molecule has 1 amide bonds. The zero-order valence-corrected chi connectivity index (χ0v) is 10.3. The van der Waals surface area contributed by atoms with Gasteiger partial charge in [-0.25, -0.2) is 9.18 Å². The Morgan fingerprint density at radius 3 is 2.68 bits per heavy atom. The minimum atomic E-state index is -1.21. The number of nitrogens with one attached hydrogen (secondary N) is 2. The van der Waals surface area contributed by atoms with Gasteiger partial charge < -0.3 is 15.7 Å². The van der Waals surface area contributed by atoms with E-state index in [-0.39, 0.29) is 23.7 Å². The Bertz CT molecular complexity index is 501. The summed E-state index contributed by atoms with van der Waals surface area (Å²) >= 11 is 0. The van der Waals surface area contributed by atoms with E-state index in [2.05, 4.69) is 10.6 Å². The van der Waals surface area contributed by atoms with Crippen LogP contribution in [0.3, 0.4) is 0 Å². The van der Waals surface area contributed by atoms with Crippen molar-refractivity contribution in [2.45, 2.75) is 12.8 Å². The molecule has 0 unspecified atom stereocenters. The lowest BCUT2D eigenvalue weighted by Gasteiger charge is -2.07. The van der Waals surface area contributed by atoms with Gasteiger partial charge in [0.15, 0.2) is 0 Å². The van der Waals surface area contributed by atoms with Crippen LogP contribution in [-0.4, -0.2) is 30.1 Å². The summed E-state index contributed by atoms with van der Waals surface area (Å²) in [6, 6.07) is 3.38. The standard InChI is InChI=1S/C13H15FN2O3/c14-10-5-9(13(18)19)3-4-11(10)16-12(17)7-15-6-8-1-2-8/h3-5,8,15H,1-2,6-7H2,(H,16,17)(H,18,19). The summed E-state index contributed by atoms with van der Waals surface area (Å²) in [5, 5.41) is 14.1. The van der Waals surface area contributed by atoms with Gasteiger partial charge >= 0.3 is 5.97 Å². The van der Waals surface area contributed by atoms with Crippen LogP contribution >= 0.6 is 0 Å². The molecule has 1 aromatic rings. The molecule has 19 heavy (non-hydrogen) atoms. The third-order valence-electron chi connectivity index (χ3n) is 2.91. The maximum atomic E-state index is 13.5. The first-order valence-electron chi connectivity index (χ1n) is 6.09. The van der Waals surface area contributed by atoms with Crippen LogP contribution in [0, 0.1) is 11.7 Å². The van der Waals surface area contributed by atoms with Crippen LogP contribution in [0.25, 0.3) is 0 Å². The quantitative estimate of drug-likeness (QED) is 0.728. The Hall–Kier alpha value is -1.95. The van der Waals surface area contributed by atoms with Crippen molar-refractivity contribution in [3.63, 3.8) is 0 Å². The Morgan fingerprint density at radius 1 is 1.37 bits per heavy atom. The molecule has 3 N–H and O–H groups in total. The molecule has 0 aromatic heterocycles. The van der Waals surface area contributed by atoms with E-state index in [1.165, 1.54) is 25.0 Å². The van der Waals surface area contributed by atoms with Crippen LogP contribution in [0.4, 0.5) is 10.1 Å². The molecule has 0 radical (unpaired) electrons. The fourth-order valence-corrected chi connectivity index (χ4v) is 1.66. The van der Waals surface area contributed by atoms with E-state index >= 15 is 0 Å². The lowest BCUT2D eigenvalue weighted by molar-refractivity contribution is -0.115. The highest BCUT2D eigenvalue weighted by molar-refractivity contribution is 5.93. The van der Waals surface area contributed by atoms with Gasteiger partial charge in [-0.05, 0) is 43.5 Å². The zero-order chi connectivity index (χ0) is 13.8. The fourth-order valence-electron chi connectivity index (χ4n) is 1.66. The molecular weight excluding hydrogens is 251 g/mol. The van der Waals surface area contributed by atoms with Crippen molar-refractivity contribution in [3.8, 4) is 0 Å². The van der Waals surface area contributed by atoms with Crippen molar-refractivity contribution < 1.29 is 19.1 Å². The summed E-state index contributed by atoms with van der Waals surface area (Å²) in [7, 11) is 0. The molecule has 1 fully saturated rings. The normalized spacial score (nSPS) is 14.2. The summed E-state index contributed by atoms with van der Waals surface area (Å²) < 4.78 is 13.5. The molecule has 1 aliphatic carbocycles. The van der Waals surface area contributed by atoms with Gasteiger partial charge in [-0.1, -0.05) is 0 Å². The van der Waals surface area contributed by atoms with Crippen molar-refractivity contribution >= 4 is 17.6 Å². The van der Waals surface area contributed by atoms with Crippen molar-refractivity contribution in [1.82, 2.24) is 5.32 Å². The Morgan fingerprint density at radius 2 is 2.11 bits per heavy atom. The van der Waals surface area contributed by atoms with Crippen molar-refractivity contribution in [3.05, 3.63) is 29.6 Å². The number of benzene rings is 1. The average Bonchev–Trinajstić information content (AvgIpc) is 3.15. The molecule has 6 heteroatoms. The van der Waals surface area contributed by atoms with Crippen molar-refractivity contribution in [2.24, 2.45) is 5.92 Å². The van der Waals surface area contributed by atoms with Crippen LogP contribution in [0.5, 0.6) is 0 Å². The highest BCUT2D eigenvalue weighted by Crippen LogP contribution is 2.27. The first-order valence-corrected chi connectivity index (χ1v) is 6.09. The zero-order valence-electron chi connectivity index (χ0n) is 10.3. The van der Waals surface area contributed by atoms with Gasteiger partial charge in [0.25, 0.3) is 0 Å². The number of carboxylic acid groups (broad SMARTS) is 1. The number of anilines is 1. The van der Waals surface area contributed by atoms with Gasteiger partial charge in [0.1, 0.15) is 5.82 Å². The van der Waals surface area contributed by atoms with Crippen LogP contribution in [0.1, 0.15) is 23.2 Å². The van der Waals surface area contributed by atoms with Gasteiger partial charge in [0.2, 0.25) is 5.91 Å². The minimum Gasteiger partial charge on any atom is -0.478 e. The molecule has 0 bridgehead atoms.